The number of esters is 1. The number of aromatic nitrogens is 1. The zero-order valence-corrected chi connectivity index (χ0v) is 22.1. The molecule has 11 heteroatoms. The fourth-order valence-electron chi connectivity index (χ4n) is 5.35. The van der Waals surface area contributed by atoms with Crippen LogP contribution >= 0.6 is 23.4 Å². The van der Waals surface area contributed by atoms with Crippen LogP contribution in [0.25, 0.3) is 11.3 Å². The molecule has 0 aliphatic carbocycles. The number of nitrogens with zero attached hydrogens (tertiary/aromatic N) is 3. The van der Waals surface area contributed by atoms with E-state index >= 15 is 0 Å². The first-order valence-electron chi connectivity index (χ1n) is 12.2. The van der Waals surface area contributed by atoms with Gasteiger partial charge in [-0.05, 0) is 52.8 Å². The third kappa shape index (κ3) is 4.54. The summed E-state index contributed by atoms with van der Waals surface area (Å²) < 4.78 is 10.4. The van der Waals surface area contributed by atoms with Crippen LogP contribution in [0.5, 0.6) is 0 Å². The Labute approximate surface area is 219 Å². The highest BCUT2D eigenvalue weighted by atomic mass is 35.5. The number of hydrogen-bond acceptors (Lipinski definition) is 9. The highest BCUT2D eigenvalue weighted by molar-refractivity contribution is 8.01. The van der Waals surface area contributed by atoms with E-state index in [1.165, 1.54) is 12.8 Å². The van der Waals surface area contributed by atoms with Gasteiger partial charge < -0.3 is 19.7 Å². The minimum Gasteiger partial charge on any atom is -0.463 e. The summed E-state index contributed by atoms with van der Waals surface area (Å²) in [4.78, 5) is 30.4. The summed E-state index contributed by atoms with van der Waals surface area (Å²) in [6, 6.07) is 5.92. The Bertz CT molecular complexity index is 1150. The largest absolute Gasteiger partial charge is 0.463 e. The van der Waals surface area contributed by atoms with E-state index in [1.54, 1.807) is 41.8 Å². The molecule has 3 fully saturated rings. The number of aryl methyl sites for hydroxylation is 1. The van der Waals surface area contributed by atoms with E-state index < -0.39 is 29.0 Å². The standard InChI is InChI=1S/C25H31ClN4O5S/c1-14-17(18(28-35-14)15-8-4-5-9-16(15)26)21(31)27-19-22(32)30-20(25(2,3)36-23(19)30)24(33)34-13-12-29-10-6-7-11-29/h4-5,8-9,19-20,22-23,32H,6-7,10-13H2,1-3H3,(H,27,31). The smallest absolute Gasteiger partial charge is 0.324 e. The van der Waals surface area contributed by atoms with Crippen molar-refractivity contribution in [3.8, 4) is 11.3 Å². The van der Waals surface area contributed by atoms with Crippen molar-refractivity contribution in [1.29, 1.82) is 0 Å². The summed E-state index contributed by atoms with van der Waals surface area (Å²) in [6.07, 6.45) is 1.35. The molecule has 194 valence electrons. The number of amides is 1. The van der Waals surface area contributed by atoms with Crippen molar-refractivity contribution in [1.82, 2.24) is 20.3 Å². The molecule has 3 aliphatic rings. The van der Waals surface area contributed by atoms with E-state index in [-0.39, 0.29) is 16.9 Å². The van der Waals surface area contributed by atoms with E-state index in [0.29, 0.717) is 28.6 Å². The lowest BCUT2D eigenvalue weighted by Crippen LogP contribution is -2.73. The maximum absolute atomic E-state index is 13.3. The number of nitrogens with one attached hydrogen (secondary N) is 1. The number of carbonyl (C=O) groups excluding carboxylic acids is 2. The summed E-state index contributed by atoms with van der Waals surface area (Å²) in [5.74, 6) is -0.400. The van der Waals surface area contributed by atoms with Crippen molar-refractivity contribution in [2.24, 2.45) is 0 Å². The van der Waals surface area contributed by atoms with Gasteiger partial charge in [-0.15, -0.1) is 11.8 Å². The molecule has 5 rings (SSSR count). The topological polar surface area (TPSA) is 108 Å². The Balaban J connectivity index is 1.26. The summed E-state index contributed by atoms with van der Waals surface area (Å²) >= 11 is 7.88. The third-order valence-electron chi connectivity index (χ3n) is 7.20. The average molecular weight is 535 g/mol. The molecule has 3 aliphatic heterocycles. The van der Waals surface area contributed by atoms with Crippen molar-refractivity contribution in [3.63, 3.8) is 0 Å². The van der Waals surface area contributed by atoms with Crippen LogP contribution in [0.15, 0.2) is 28.8 Å². The van der Waals surface area contributed by atoms with Gasteiger partial charge in [0, 0.05) is 16.9 Å². The van der Waals surface area contributed by atoms with Crippen LogP contribution in [0.2, 0.25) is 5.02 Å². The number of aliphatic hydroxyl groups excluding tert-OH is 1. The zero-order chi connectivity index (χ0) is 25.6. The summed E-state index contributed by atoms with van der Waals surface area (Å²) in [5, 5.41) is 18.2. The van der Waals surface area contributed by atoms with Crippen LogP contribution in [0.1, 0.15) is 42.8 Å². The molecular weight excluding hydrogens is 504 g/mol. The first kappa shape index (κ1) is 25.5. The minimum absolute atomic E-state index is 0.265. The molecule has 2 N–H and O–H groups in total. The summed E-state index contributed by atoms with van der Waals surface area (Å²) in [7, 11) is 0. The van der Waals surface area contributed by atoms with Crippen LogP contribution in [0.3, 0.4) is 0 Å². The van der Waals surface area contributed by atoms with Gasteiger partial charge in [-0.2, -0.15) is 0 Å². The molecule has 4 heterocycles. The number of benzene rings is 1. The van der Waals surface area contributed by atoms with Crippen LogP contribution in [0.4, 0.5) is 0 Å². The predicted octanol–water partition coefficient (Wildman–Crippen LogP) is 2.89. The van der Waals surface area contributed by atoms with Crippen LogP contribution in [-0.4, -0.2) is 86.6 Å². The normalized spacial score (nSPS) is 27.5. The van der Waals surface area contributed by atoms with Crippen molar-refractivity contribution in [2.45, 2.75) is 62.0 Å². The number of fused-ring (bicyclic) bond motifs is 1. The maximum atomic E-state index is 13.3. The van der Waals surface area contributed by atoms with E-state index in [2.05, 4.69) is 15.4 Å². The van der Waals surface area contributed by atoms with Gasteiger partial charge in [-0.25, -0.2) is 4.90 Å². The molecule has 1 aromatic heterocycles. The fraction of sp³-hybridized carbons (Fsp3) is 0.560. The Hall–Kier alpha value is -2.11. The quantitative estimate of drug-likeness (QED) is 0.518. The Morgan fingerprint density at radius 3 is 2.75 bits per heavy atom. The first-order valence-corrected chi connectivity index (χ1v) is 13.5. The molecular formula is C25H31ClN4O5S. The highest BCUT2D eigenvalue weighted by Crippen LogP contribution is 2.52. The molecule has 2 aromatic rings. The first-order chi connectivity index (χ1) is 17.2. The second kappa shape index (κ2) is 9.98. The van der Waals surface area contributed by atoms with Crippen molar-refractivity contribution < 1.29 is 24.0 Å². The van der Waals surface area contributed by atoms with Gasteiger partial charge in [0.2, 0.25) is 0 Å². The van der Waals surface area contributed by atoms with Crippen LogP contribution < -0.4 is 5.32 Å². The van der Waals surface area contributed by atoms with Gasteiger partial charge in [0.15, 0.2) is 0 Å². The second-order valence-electron chi connectivity index (χ2n) is 10.0. The Morgan fingerprint density at radius 1 is 1.31 bits per heavy atom. The molecule has 9 nitrogen and oxygen atoms in total. The number of carbonyl (C=O) groups is 2. The molecule has 3 saturated heterocycles. The molecule has 1 aromatic carbocycles. The molecule has 4 unspecified atom stereocenters. The molecule has 36 heavy (non-hydrogen) atoms. The average Bonchev–Trinajstić information content (AvgIpc) is 3.54. The van der Waals surface area contributed by atoms with Gasteiger partial charge in [-0.1, -0.05) is 35.0 Å². The highest BCUT2D eigenvalue weighted by Gasteiger charge is 2.64. The molecule has 0 spiro atoms. The lowest BCUT2D eigenvalue weighted by Gasteiger charge is -2.49. The number of likely N-dealkylation sites (tertiary alicyclic amines) is 1. The lowest BCUT2D eigenvalue weighted by atomic mass is 9.94. The van der Waals surface area contributed by atoms with E-state index in [1.807, 2.05) is 19.9 Å². The van der Waals surface area contributed by atoms with Crippen molar-refractivity contribution in [3.05, 3.63) is 40.6 Å². The number of aliphatic hydroxyl groups is 1. The van der Waals surface area contributed by atoms with E-state index in [4.69, 9.17) is 20.9 Å². The molecule has 0 bridgehead atoms. The molecule has 4 atom stereocenters. The Kier molecular flexibility index (Phi) is 7.08. The molecule has 1 amide bonds. The maximum Gasteiger partial charge on any atom is 0.324 e. The monoisotopic (exact) mass is 534 g/mol. The van der Waals surface area contributed by atoms with Gasteiger partial charge in [0.25, 0.3) is 5.91 Å². The van der Waals surface area contributed by atoms with Crippen LogP contribution in [0, 0.1) is 6.92 Å². The van der Waals surface area contributed by atoms with Crippen molar-refractivity contribution in [2.75, 3.05) is 26.2 Å². The lowest BCUT2D eigenvalue weighted by molar-refractivity contribution is -0.173. The molecule has 0 radical (unpaired) electrons. The number of thioether (sulfide) groups is 1. The zero-order valence-electron chi connectivity index (χ0n) is 20.6. The van der Waals surface area contributed by atoms with Gasteiger partial charge >= 0.3 is 5.97 Å². The second-order valence-corrected chi connectivity index (χ2v) is 12.2. The van der Waals surface area contributed by atoms with Gasteiger partial charge in [-0.3, -0.25) is 14.5 Å². The number of halogens is 1. The number of rotatable bonds is 7. The fourth-order valence-corrected chi connectivity index (χ4v) is 7.27. The summed E-state index contributed by atoms with van der Waals surface area (Å²) in [6.45, 7) is 8.74. The SMILES string of the molecule is Cc1onc(-c2ccccc2Cl)c1C(=O)NC1C(O)N2C1SC(C)(C)C2C(=O)OCCN1CCCC1. The van der Waals surface area contributed by atoms with Crippen molar-refractivity contribution >= 4 is 35.2 Å². The molecule has 0 saturated carbocycles. The van der Waals surface area contributed by atoms with Gasteiger partial charge in [0.05, 0.1) is 16.4 Å². The number of hydrogen-bond donors (Lipinski definition) is 2. The van der Waals surface area contributed by atoms with E-state index in [0.717, 1.165) is 19.6 Å². The summed E-state index contributed by atoms with van der Waals surface area (Å²) in [5.41, 5.74) is 1.21. The Morgan fingerprint density at radius 2 is 2.03 bits per heavy atom. The number of ether oxygens (including phenoxy) is 1. The minimum atomic E-state index is -1.02. The third-order valence-corrected chi connectivity index (χ3v) is 9.14. The van der Waals surface area contributed by atoms with Gasteiger partial charge in [0.1, 0.15) is 35.9 Å². The predicted molar refractivity (Wildman–Crippen MR) is 137 cm³/mol. The van der Waals surface area contributed by atoms with E-state index in [9.17, 15) is 14.7 Å². The van der Waals surface area contributed by atoms with Crippen LogP contribution in [-0.2, 0) is 9.53 Å².